The number of likely N-dealkylation sites (N-methyl/N-ethyl adjacent to an activating group) is 1. The molecule has 0 saturated heterocycles. The first-order valence-corrected chi connectivity index (χ1v) is 6.90. The normalized spacial score (nSPS) is 14.0. The Kier molecular flexibility index (Phi) is 6.54. The zero-order chi connectivity index (χ0) is 12.8. The Labute approximate surface area is 96.3 Å². The van der Waals surface area contributed by atoms with Crippen LogP contribution in [0.15, 0.2) is 0 Å². The van der Waals surface area contributed by atoms with Gasteiger partial charge in [-0.25, -0.2) is 8.42 Å². The van der Waals surface area contributed by atoms with Crippen LogP contribution >= 0.6 is 0 Å². The van der Waals surface area contributed by atoms with Crippen molar-refractivity contribution in [3.63, 3.8) is 0 Å². The van der Waals surface area contributed by atoms with Gasteiger partial charge in [-0.2, -0.15) is 0 Å². The Morgan fingerprint density at radius 2 is 2.00 bits per heavy atom. The fourth-order valence-electron chi connectivity index (χ4n) is 1.00. The van der Waals surface area contributed by atoms with Crippen LogP contribution in [-0.2, 0) is 14.6 Å². The molecule has 0 aromatic carbocycles. The average molecular weight is 252 g/mol. The topological polar surface area (TPSA) is 101 Å². The zero-order valence-electron chi connectivity index (χ0n) is 9.72. The van der Waals surface area contributed by atoms with E-state index in [2.05, 4.69) is 0 Å². The van der Waals surface area contributed by atoms with Crippen LogP contribution in [0.3, 0.4) is 0 Å². The Balaban J connectivity index is 4.04. The Bertz CT molecular complexity index is 315. The van der Waals surface area contributed by atoms with Crippen LogP contribution in [-0.4, -0.2) is 62.1 Å². The minimum absolute atomic E-state index is 0.0160. The van der Waals surface area contributed by atoms with Crippen LogP contribution in [0.1, 0.15) is 13.3 Å². The van der Waals surface area contributed by atoms with Crippen molar-refractivity contribution in [3.8, 4) is 0 Å². The van der Waals surface area contributed by atoms with Crippen molar-refractivity contribution in [2.75, 3.05) is 31.7 Å². The average Bonchev–Trinajstić information content (AvgIpc) is 2.22. The molecule has 6 nitrogen and oxygen atoms in total. The van der Waals surface area contributed by atoms with Crippen molar-refractivity contribution in [2.24, 2.45) is 5.73 Å². The van der Waals surface area contributed by atoms with Gasteiger partial charge < -0.3 is 15.7 Å². The lowest BCUT2D eigenvalue weighted by molar-refractivity contribution is -0.117. The lowest BCUT2D eigenvalue weighted by Crippen LogP contribution is -2.36. The van der Waals surface area contributed by atoms with E-state index in [1.807, 2.05) is 0 Å². The summed E-state index contributed by atoms with van der Waals surface area (Å²) < 4.78 is 22.9. The molecule has 0 aliphatic heterocycles. The highest BCUT2D eigenvalue weighted by Gasteiger charge is 2.15. The Morgan fingerprint density at radius 1 is 1.44 bits per heavy atom. The molecule has 0 radical (unpaired) electrons. The number of aliphatic hydroxyl groups is 1. The molecule has 0 aromatic heterocycles. The highest BCUT2D eigenvalue weighted by molar-refractivity contribution is 7.91. The van der Waals surface area contributed by atoms with Gasteiger partial charge in [-0.05, 0) is 14.0 Å². The highest BCUT2D eigenvalue weighted by Crippen LogP contribution is 1.98. The second-order valence-electron chi connectivity index (χ2n) is 3.88. The molecule has 96 valence electrons. The van der Waals surface area contributed by atoms with E-state index in [1.54, 1.807) is 18.9 Å². The second kappa shape index (κ2) is 6.82. The predicted molar refractivity (Wildman–Crippen MR) is 61.6 cm³/mol. The van der Waals surface area contributed by atoms with E-state index in [0.717, 1.165) is 0 Å². The number of carbonyl (C=O) groups excluding carboxylic acids is 1. The third-order valence-corrected chi connectivity index (χ3v) is 4.06. The van der Waals surface area contributed by atoms with E-state index in [-0.39, 0.29) is 30.6 Å². The molecule has 0 aliphatic rings. The van der Waals surface area contributed by atoms with Crippen molar-refractivity contribution < 1.29 is 18.3 Å². The molecule has 0 aromatic rings. The monoisotopic (exact) mass is 252 g/mol. The van der Waals surface area contributed by atoms with Gasteiger partial charge in [0.05, 0.1) is 18.1 Å². The summed E-state index contributed by atoms with van der Waals surface area (Å²) in [6.45, 7) is 2.12. The minimum Gasteiger partial charge on any atom is -0.395 e. The van der Waals surface area contributed by atoms with Crippen molar-refractivity contribution in [2.45, 2.75) is 19.4 Å². The highest BCUT2D eigenvalue weighted by atomic mass is 32.2. The third-order valence-electron chi connectivity index (χ3n) is 2.43. The summed E-state index contributed by atoms with van der Waals surface area (Å²) in [6.07, 6.45) is -0.137. The molecule has 1 unspecified atom stereocenters. The molecule has 1 atom stereocenters. The molecular formula is C9H20N2O4S. The molecule has 0 heterocycles. The summed E-state index contributed by atoms with van der Waals surface area (Å²) in [5.41, 5.74) is 4.88. The number of carbonyl (C=O) groups is 1. The summed E-state index contributed by atoms with van der Waals surface area (Å²) in [6, 6.07) is -0.0775. The number of sulfone groups is 1. The van der Waals surface area contributed by atoms with Crippen LogP contribution in [0.25, 0.3) is 0 Å². The summed E-state index contributed by atoms with van der Waals surface area (Å²) in [5, 5.41) is 8.86. The number of rotatable bonds is 8. The standard InChI is InChI=1S/C9H20N2O4S/c1-8(7-12)11(2)4-6-16(14,15)5-3-9(10)13/h8,12H,3-7H2,1-2H3,(H2,10,13). The van der Waals surface area contributed by atoms with Gasteiger partial charge in [-0.3, -0.25) is 4.79 Å². The maximum absolute atomic E-state index is 11.5. The third kappa shape index (κ3) is 6.76. The first-order valence-electron chi connectivity index (χ1n) is 5.08. The van der Waals surface area contributed by atoms with Crippen LogP contribution in [0.2, 0.25) is 0 Å². The maximum Gasteiger partial charge on any atom is 0.218 e. The molecule has 0 rings (SSSR count). The minimum atomic E-state index is -3.24. The van der Waals surface area contributed by atoms with E-state index in [9.17, 15) is 13.2 Å². The van der Waals surface area contributed by atoms with Gasteiger partial charge >= 0.3 is 0 Å². The SMILES string of the molecule is CC(CO)N(C)CCS(=O)(=O)CCC(N)=O. The number of nitrogens with two attached hydrogens (primary N) is 1. The Morgan fingerprint density at radius 3 is 2.44 bits per heavy atom. The van der Waals surface area contributed by atoms with Crippen molar-refractivity contribution >= 4 is 15.7 Å². The quantitative estimate of drug-likeness (QED) is 0.552. The van der Waals surface area contributed by atoms with Crippen LogP contribution in [0.5, 0.6) is 0 Å². The van der Waals surface area contributed by atoms with E-state index < -0.39 is 15.7 Å². The van der Waals surface area contributed by atoms with E-state index in [4.69, 9.17) is 10.8 Å². The smallest absolute Gasteiger partial charge is 0.218 e. The predicted octanol–water partition coefficient (Wildman–Crippen LogP) is -1.41. The van der Waals surface area contributed by atoms with E-state index >= 15 is 0 Å². The number of aliphatic hydroxyl groups excluding tert-OH is 1. The summed E-state index contributed by atoms with van der Waals surface area (Å²) in [4.78, 5) is 12.2. The number of hydrogen-bond acceptors (Lipinski definition) is 5. The largest absolute Gasteiger partial charge is 0.395 e. The summed E-state index contributed by atoms with van der Waals surface area (Å²) in [7, 11) is -1.50. The van der Waals surface area contributed by atoms with Gasteiger partial charge in [-0.15, -0.1) is 0 Å². The number of amides is 1. The van der Waals surface area contributed by atoms with E-state index in [1.165, 1.54) is 0 Å². The molecule has 3 N–H and O–H groups in total. The van der Waals surface area contributed by atoms with Crippen LogP contribution < -0.4 is 5.73 Å². The summed E-state index contributed by atoms with van der Waals surface area (Å²) in [5.74, 6) is -0.842. The van der Waals surface area contributed by atoms with Crippen molar-refractivity contribution in [1.82, 2.24) is 4.90 Å². The zero-order valence-corrected chi connectivity index (χ0v) is 10.5. The lowest BCUT2D eigenvalue weighted by Gasteiger charge is -2.22. The molecule has 0 bridgehead atoms. The molecule has 1 amide bonds. The van der Waals surface area contributed by atoms with Gasteiger partial charge in [0.2, 0.25) is 5.91 Å². The molecule has 0 fully saturated rings. The lowest BCUT2D eigenvalue weighted by atomic mass is 10.3. The van der Waals surface area contributed by atoms with Crippen molar-refractivity contribution in [3.05, 3.63) is 0 Å². The Hall–Kier alpha value is -0.660. The second-order valence-corrected chi connectivity index (χ2v) is 6.18. The molecular weight excluding hydrogens is 232 g/mol. The number of nitrogens with zero attached hydrogens (tertiary/aromatic N) is 1. The molecule has 0 saturated carbocycles. The first kappa shape index (κ1) is 15.3. The fraction of sp³-hybridized carbons (Fsp3) is 0.889. The van der Waals surface area contributed by atoms with Gasteiger partial charge in [0, 0.05) is 19.0 Å². The van der Waals surface area contributed by atoms with Crippen molar-refractivity contribution in [1.29, 1.82) is 0 Å². The van der Waals surface area contributed by atoms with Crippen LogP contribution in [0.4, 0.5) is 0 Å². The maximum atomic E-state index is 11.5. The fourth-order valence-corrected chi connectivity index (χ4v) is 2.28. The number of primary amides is 1. The molecule has 16 heavy (non-hydrogen) atoms. The van der Waals surface area contributed by atoms with Gasteiger partial charge in [-0.1, -0.05) is 0 Å². The molecule has 0 aliphatic carbocycles. The summed E-state index contributed by atoms with van der Waals surface area (Å²) >= 11 is 0. The van der Waals surface area contributed by atoms with E-state index in [0.29, 0.717) is 6.54 Å². The first-order chi connectivity index (χ1) is 7.28. The van der Waals surface area contributed by atoms with Gasteiger partial charge in [0.25, 0.3) is 0 Å². The van der Waals surface area contributed by atoms with Gasteiger partial charge in [0.1, 0.15) is 0 Å². The number of hydrogen-bond donors (Lipinski definition) is 2. The molecule has 7 heteroatoms. The van der Waals surface area contributed by atoms with Crippen LogP contribution in [0, 0.1) is 0 Å². The molecule has 0 spiro atoms. The van der Waals surface area contributed by atoms with Gasteiger partial charge in [0.15, 0.2) is 9.84 Å².